The zero-order chi connectivity index (χ0) is 15.0. The second-order valence-electron chi connectivity index (χ2n) is 3.98. The second kappa shape index (κ2) is 4.86. The van der Waals surface area contributed by atoms with Crippen molar-refractivity contribution in [3.05, 3.63) is 34.1 Å². The number of rotatable bonds is 4. The molecule has 0 aromatic carbocycles. The summed E-state index contributed by atoms with van der Waals surface area (Å²) in [7, 11) is -2.33. The number of thiazole rings is 1. The van der Waals surface area contributed by atoms with Crippen molar-refractivity contribution >= 4 is 38.0 Å². The van der Waals surface area contributed by atoms with Gasteiger partial charge in [0.25, 0.3) is 15.6 Å². The van der Waals surface area contributed by atoms with E-state index in [1.54, 1.807) is 18.6 Å². The fraction of sp³-hybridized carbons (Fsp3) is 0.100. The lowest BCUT2D eigenvalue weighted by atomic mass is 10.5. The monoisotopic (exact) mass is 326 g/mol. The molecule has 3 heterocycles. The number of nitrogens with zero attached hydrogens (tertiary/aromatic N) is 3. The second-order valence-corrected chi connectivity index (χ2v) is 6.45. The van der Waals surface area contributed by atoms with E-state index in [9.17, 15) is 13.2 Å². The Morgan fingerprint density at radius 2 is 2.19 bits per heavy atom. The summed E-state index contributed by atoms with van der Waals surface area (Å²) in [5.41, 5.74) is -0.418. The summed E-state index contributed by atoms with van der Waals surface area (Å²) in [5, 5.41) is 10.2. The number of H-pyrrole nitrogens is 1. The molecule has 0 aliphatic carbocycles. The van der Waals surface area contributed by atoms with Crippen molar-refractivity contribution in [2.75, 3.05) is 17.1 Å². The van der Waals surface area contributed by atoms with Gasteiger partial charge in [-0.1, -0.05) is 0 Å². The van der Waals surface area contributed by atoms with Crippen LogP contribution >= 0.6 is 11.3 Å². The van der Waals surface area contributed by atoms with Crippen LogP contribution in [-0.2, 0) is 10.0 Å². The van der Waals surface area contributed by atoms with Crippen molar-refractivity contribution < 1.29 is 8.42 Å². The molecule has 0 spiro atoms. The third-order valence-electron chi connectivity index (χ3n) is 2.63. The van der Waals surface area contributed by atoms with Crippen LogP contribution < -0.4 is 15.6 Å². The number of imidazole rings is 1. The molecule has 3 N–H and O–H groups in total. The molecule has 0 unspecified atom stereocenters. The molecule has 0 radical (unpaired) electrons. The minimum Gasteiger partial charge on any atom is -0.371 e. The van der Waals surface area contributed by atoms with Gasteiger partial charge in [0, 0.05) is 24.7 Å². The minimum atomic E-state index is -3.91. The molecule has 3 aromatic rings. The van der Waals surface area contributed by atoms with Crippen molar-refractivity contribution in [3.63, 3.8) is 0 Å². The predicted octanol–water partition coefficient (Wildman–Crippen LogP) is 0.322. The van der Waals surface area contributed by atoms with Crippen molar-refractivity contribution in [2.24, 2.45) is 0 Å². The Morgan fingerprint density at radius 3 is 2.86 bits per heavy atom. The first kappa shape index (κ1) is 13.6. The highest BCUT2D eigenvalue weighted by Crippen LogP contribution is 2.26. The van der Waals surface area contributed by atoms with E-state index in [4.69, 9.17) is 0 Å². The first-order valence-corrected chi connectivity index (χ1v) is 8.09. The van der Waals surface area contributed by atoms with Crippen LogP contribution in [0.3, 0.4) is 0 Å². The Labute approximate surface area is 122 Å². The topological polar surface area (TPSA) is 121 Å². The van der Waals surface area contributed by atoms with Gasteiger partial charge in [-0.15, -0.1) is 11.3 Å². The number of nitrogens with one attached hydrogen (secondary N) is 3. The van der Waals surface area contributed by atoms with Crippen LogP contribution in [0.2, 0.25) is 0 Å². The maximum absolute atomic E-state index is 12.5. The number of hydrogen-bond donors (Lipinski definition) is 3. The lowest BCUT2D eigenvalue weighted by molar-refractivity contribution is 0.596. The van der Waals surface area contributed by atoms with Gasteiger partial charge in [0.15, 0.2) is 16.6 Å². The number of hydrogen-bond acceptors (Lipinski definition) is 7. The van der Waals surface area contributed by atoms with Gasteiger partial charge < -0.3 is 5.32 Å². The normalized spacial score (nSPS) is 11.7. The van der Waals surface area contributed by atoms with E-state index in [-0.39, 0.29) is 16.7 Å². The molecule has 0 saturated carbocycles. The molecule has 0 aliphatic rings. The molecular formula is C10H10N6O3S2. The van der Waals surface area contributed by atoms with Crippen LogP contribution in [0.5, 0.6) is 0 Å². The molecule has 3 rings (SSSR count). The smallest absolute Gasteiger partial charge is 0.282 e. The third-order valence-corrected chi connectivity index (χ3v) is 4.76. The summed E-state index contributed by atoms with van der Waals surface area (Å²) in [4.78, 5) is 15.7. The first-order valence-electron chi connectivity index (χ1n) is 5.73. The standard InChI is InChI=1S/C10H10N6O3S2/c1-11-8-9(16-4-5-20-10(16)12-8)21(18,19)15-6-2-3-7(17)14-13-6/h2-5,11H,1H3,(H,13,15)(H,14,17). The van der Waals surface area contributed by atoms with Crippen LogP contribution in [-0.4, -0.2) is 35.0 Å². The fourth-order valence-corrected chi connectivity index (χ4v) is 3.84. The van der Waals surface area contributed by atoms with E-state index in [2.05, 4.69) is 25.2 Å². The van der Waals surface area contributed by atoms with E-state index in [1.807, 2.05) is 0 Å². The zero-order valence-electron chi connectivity index (χ0n) is 10.7. The molecule has 3 aromatic heterocycles. The van der Waals surface area contributed by atoms with Crippen molar-refractivity contribution in [2.45, 2.75) is 5.03 Å². The molecule has 9 nitrogen and oxygen atoms in total. The molecule has 0 fully saturated rings. The van der Waals surface area contributed by atoms with E-state index < -0.39 is 15.6 Å². The highest BCUT2D eigenvalue weighted by molar-refractivity contribution is 7.92. The maximum Gasteiger partial charge on any atom is 0.282 e. The molecule has 0 aliphatic heterocycles. The van der Waals surface area contributed by atoms with E-state index in [1.165, 1.54) is 27.9 Å². The van der Waals surface area contributed by atoms with E-state index in [0.717, 1.165) is 0 Å². The average molecular weight is 326 g/mol. The van der Waals surface area contributed by atoms with Gasteiger partial charge in [-0.3, -0.25) is 13.9 Å². The summed E-state index contributed by atoms with van der Waals surface area (Å²) in [5.74, 6) is 0.251. The molecule has 0 amide bonds. The lowest BCUT2D eigenvalue weighted by Crippen LogP contribution is -2.18. The van der Waals surface area contributed by atoms with Crippen LogP contribution in [0.15, 0.2) is 33.5 Å². The molecule has 0 saturated heterocycles. The van der Waals surface area contributed by atoms with Crippen molar-refractivity contribution in [3.8, 4) is 0 Å². The van der Waals surface area contributed by atoms with E-state index >= 15 is 0 Å². The summed E-state index contributed by atoms with van der Waals surface area (Å²) in [6, 6.07) is 2.46. The van der Waals surface area contributed by atoms with Gasteiger partial charge >= 0.3 is 0 Å². The number of aromatic amines is 1. The molecule has 0 atom stereocenters. The Kier molecular flexibility index (Phi) is 3.14. The number of anilines is 2. The SMILES string of the molecule is CNc1nc2sccn2c1S(=O)(=O)Nc1ccc(=O)[nH]n1. The van der Waals surface area contributed by atoms with Crippen LogP contribution in [0.1, 0.15) is 0 Å². The Bertz CT molecular complexity index is 934. The summed E-state index contributed by atoms with van der Waals surface area (Å²) >= 11 is 1.32. The van der Waals surface area contributed by atoms with Crippen LogP contribution in [0.4, 0.5) is 11.6 Å². The van der Waals surface area contributed by atoms with Crippen molar-refractivity contribution in [1.82, 2.24) is 19.6 Å². The van der Waals surface area contributed by atoms with Crippen LogP contribution in [0, 0.1) is 0 Å². The summed E-state index contributed by atoms with van der Waals surface area (Å²) in [6.07, 6.45) is 1.61. The molecule has 11 heteroatoms. The molecule has 0 bridgehead atoms. The zero-order valence-corrected chi connectivity index (χ0v) is 12.3. The minimum absolute atomic E-state index is 0.0156. The van der Waals surface area contributed by atoms with Gasteiger partial charge in [-0.25, -0.2) is 10.1 Å². The molecule has 21 heavy (non-hydrogen) atoms. The number of fused-ring (bicyclic) bond motifs is 1. The van der Waals surface area contributed by atoms with Gasteiger partial charge in [0.05, 0.1) is 0 Å². The van der Waals surface area contributed by atoms with Gasteiger partial charge in [-0.05, 0) is 6.07 Å². The average Bonchev–Trinajstić information content (AvgIpc) is 3.00. The lowest BCUT2D eigenvalue weighted by Gasteiger charge is -2.07. The number of sulfonamides is 1. The highest BCUT2D eigenvalue weighted by Gasteiger charge is 2.26. The summed E-state index contributed by atoms with van der Waals surface area (Å²) in [6.45, 7) is 0. The third kappa shape index (κ3) is 2.36. The molecule has 110 valence electrons. The maximum atomic E-state index is 12.5. The van der Waals surface area contributed by atoms with Gasteiger partial charge in [0.1, 0.15) is 0 Å². The van der Waals surface area contributed by atoms with Gasteiger partial charge in [-0.2, -0.15) is 13.5 Å². The summed E-state index contributed by atoms with van der Waals surface area (Å²) < 4.78 is 28.8. The number of aromatic nitrogens is 4. The Balaban J connectivity index is 2.09. The van der Waals surface area contributed by atoms with E-state index in [0.29, 0.717) is 4.96 Å². The predicted molar refractivity (Wildman–Crippen MR) is 78.3 cm³/mol. The Morgan fingerprint density at radius 1 is 1.38 bits per heavy atom. The fourth-order valence-electron chi connectivity index (χ4n) is 1.77. The van der Waals surface area contributed by atoms with Crippen LogP contribution in [0.25, 0.3) is 4.96 Å². The first-order chi connectivity index (χ1) is 10.0. The van der Waals surface area contributed by atoms with Gasteiger partial charge in [0.2, 0.25) is 5.03 Å². The Hall–Kier alpha value is -2.40. The largest absolute Gasteiger partial charge is 0.371 e. The van der Waals surface area contributed by atoms with Crippen molar-refractivity contribution in [1.29, 1.82) is 0 Å². The highest BCUT2D eigenvalue weighted by atomic mass is 32.2. The quantitative estimate of drug-likeness (QED) is 0.635. The molecular weight excluding hydrogens is 316 g/mol.